The number of amides is 3. The summed E-state index contributed by atoms with van der Waals surface area (Å²) >= 11 is 0. The summed E-state index contributed by atoms with van der Waals surface area (Å²) in [6.07, 6.45) is 2.95. The molecular weight excluding hydrogens is 256 g/mol. The molecule has 0 aromatic heterocycles. The Morgan fingerprint density at radius 3 is 2.50 bits per heavy atom. The quantitative estimate of drug-likeness (QED) is 0.496. The van der Waals surface area contributed by atoms with Crippen LogP contribution in [-0.2, 0) is 4.79 Å². The summed E-state index contributed by atoms with van der Waals surface area (Å²) in [5.74, 6) is -0.0146. The first kappa shape index (κ1) is 15.8. The number of hydrogen-bond acceptors (Lipinski definition) is 3. The maximum absolute atomic E-state index is 11.7. The Morgan fingerprint density at radius 2 is 1.85 bits per heavy atom. The van der Waals surface area contributed by atoms with Crippen molar-refractivity contribution in [3.8, 4) is 0 Å². The van der Waals surface area contributed by atoms with E-state index in [-0.39, 0.29) is 5.91 Å². The maximum Gasteiger partial charge on any atom is 0.312 e. The van der Waals surface area contributed by atoms with Crippen molar-refractivity contribution in [3.63, 3.8) is 0 Å². The fourth-order valence-electron chi connectivity index (χ4n) is 1.76. The van der Waals surface area contributed by atoms with Crippen LogP contribution in [0.2, 0.25) is 0 Å². The number of primary amides is 1. The van der Waals surface area contributed by atoms with E-state index in [0.717, 1.165) is 24.9 Å². The molecule has 110 valence electrons. The molecule has 6 heteroatoms. The van der Waals surface area contributed by atoms with E-state index in [1.165, 1.54) is 0 Å². The molecule has 0 fully saturated rings. The Kier molecular flexibility index (Phi) is 6.95. The van der Waals surface area contributed by atoms with E-state index in [0.29, 0.717) is 13.0 Å². The molecule has 3 amide bonds. The number of anilines is 1. The van der Waals surface area contributed by atoms with Gasteiger partial charge in [-0.2, -0.15) is 0 Å². The van der Waals surface area contributed by atoms with Crippen LogP contribution in [0.5, 0.6) is 0 Å². The van der Waals surface area contributed by atoms with Gasteiger partial charge in [0.2, 0.25) is 5.91 Å². The molecule has 1 aromatic rings. The minimum Gasteiger partial charge on any atom is -0.352 e. The van der Waals surface area contributed by atoms with Gasteiger partial charge in [-0.3, -0.25) is 15.2 Å². The molecule has 0 heterocycles. The van der Waals surface area contributed by atoms with Gasteiger partial charge in [0.05, 0.1) is 5.69 Å². The molecular formula is C14H22N4O2. The number of hydrogen-bond donors (Lipinski definition) is 3. The van der Waals surface area contributed by atoms with Gasteiger partial charge < -0.3 is 11.1 Å². The van der Waals surface area contributed by atoms with E-state index >= 15 is 0 Å². The molecule has 20 heavy (non-hydrogen) atoms. The number of unbranched alkanes of at least 4 members (excludes halogenated alkanes) is 2. The summed E-state index contributed by atoms with van der Waals surface area (Å²) in [5, 5.41) is 4.22. The lowest BCUT2D eigenvalue weighted by Gasteiger charge is -2.20. The first-order valence-corrected chi connectivity index (χ1v) is 6.71. The van der Waals surface area contributed by atoms with Crippen LogP contribution in [0.25, 0.3) is 0 Å². The molecule has 0 atom stereocenters. The van der Waals surface area contributed by atoms with Crippen molar-refractivity contribution in [2.24, 2.45) is 5.73 Å². The number of benzene rings is 1. The van der Waals surface area contributed by atoms with Gasteiger partial charge >= 0.3 is 6.03 Å². The third-order valence-corrected chi connectivity index (χ3v) is 2.82. The number of carbonyl (C=O) groups excluding carboxylic acids is 2. The summed E-state index contributed by atoms with van der Waals surface area (Å²) in [4.78, 5) is 22.2. The van der Waals surface area contributed by atoms with Crippen molar-refractivity contribution in [2.75, 3.05) is 18.6 Å². The van der Waals surface area contributed by atoms with Crippen molar-refractivity contribution in [2.45, 2.75) is 25.7 Å². The van der Waals surface area contributed by atoms with Crippen molar-refractivity contribution >= 4 is 17.6 Å². The van der Waals surface area contributed by atoms with E-state index in [1.807, 2.05) is 37.4 Å². The standard InChI is InChI=1S/C14H22N4O2/c1-18(12-8-4-2-5-9-12)17-13(19)10-6-3-7-11-16-14(15)20/h2,4-5,8-9H,3,6-7,10-11H2,1H3,(H,17,19)(H3,15,16,20). The number of rotatable bonds is 8. The summed E-state index contributed by atoms with van der Waals surface area (Å²) in [6.45, 7) is 0.556. The fraction of sp³-hybridized carbons (Fsp3) is 0.429. The molecule has 4 N–H and O–H groups in total. The van der Waals surface area contributed by atoms with Crippen LogP contribution in [0.4, 0.5) is 10.5 Å². The number of nitrogens with one attached hydrogen (secondary N) is 2. The monoisotopic (exact) mass is 278 g/mol. The van der Waals surface area contributed by atoms with Gasteiger partial charge in [0.15, 0.2) is 0 Å². The predicted octanol–water partition coefficient (Wildman–Crippen LogP) is 1.38. The average molecular weight is 278 g/mol. The lowest BCUT2D eigenvalue weighted by molar-refractivity contribution is -0.121. The fourth-order valence-corrected chi connectivity index (χ4v) is 1.76. The van der Waals surface area contributed by atoms with Crippen molar-refractivity contribution in [1.29, 1.82) is 0 Å². The highest BCUT2D eigenvalue weighted by Gasteiger charge is 2.05. The molecule has 6 nitrogen and oxygen atoms in total. The predicted molar refractivity (Wildman–Crippen MR) is 79.0 cm³/mol. The molecule has 0 unspecified atom stereocenters. The molecule has 0 radical (unpaired) electrons. The van der Waals surface area contributed by atoms with E-state index in [4.69, 9.17) is 5.73 Å². The molecule has 0 aliphatic carbocycles. The van der Waals surface area contributed by atoms with Gasteiger partial charge in [-0.1, -0.05) is 24.6 Å². The number of urea groups is 1. The van der Waals surface area contributed by atoms with Gasteiger partial charge in [0.25, 0.3) is 0 Å². The second kappa shape index (κ2) is 8.79. The van der Waals surface area contributed by atoms with E-state index in [2.05, 4.69) is 10.7 Å². The Bertz CT molecular complexity index is 422. The number of para-hydroxylation sites is 1. The van der Waals surface area contributed by atoms with Crippen molar-refractivity contribution in [1.82, 2.24) is 10.7 Å². The smallest absolute Gasteiger partial charge is 0.312 e. The summed E-state index contributed by atoms with van der Waals surface area (Å²) in [6, 6.07) is 9.12. The maximum atomic E-state index is 11.7. The van der Waals surface area contributed by atoms with E-state index < -0.39 is 6.03 Å². The molecule has 0 spiro atoms. The number of nitrogens with zero attached hydrogens (tertiary/aromatic N) is 1. The number of nitrogens with two attached hydrogens (primary N) is 1. The highest BCUT2D eigenvalue weighted by atomic mass is 16.2. The summed E-state index contributed by atoms with van der Waals surface area (Å²) in [5.41, 5.74) is 8.69. The SMILES string of the molecule is CN(NC(=O)CCCCCNC(N)=O)c1ccccc1. The largest absolute Gasteiger partial charge is 0.352 e. The van der Waals surface area contributed by atoms with E-state index in [1.54, 1.807) is 5.01 Å². The minimum absolute atomic E-state index is 0.0146. The molecule has 1 aromatic carbocycles. The third-order valence-electron chi connectivity index (χ3n) is 2.82. The topological polar surface area (TPSA) is 87.5 Å². The van der Waals surface area contributed by atoms with Crippen LogP contribution in [0.15, 0.2) is 30.3 Å². The van der Waals surface area contributed by atoms with Crippen LogP contribution in [-0.4, -0.2) is 25.5 Å². The summed E-state index contributed by atoms with van der Waals surface area (Å²) < 4.78 is 0. The average Bonchev–Trinajstić information content (AvgIpc) is 2.43. The van der Waals surface area contributed by atoms with Crippen LogP contribution < -0.4 is 21.5 Å². The zero-order valence-electron chi connectivity index (χ0n) is 11.8. The van der Waals surface area contributed by atoms with Gasteiger partial charge in [0.1, 0.15) is 0 Å². The number of carbonyl (C=O) groups is 2. The van der Waals surface area contributed by atoms with Gasteiger partial charge in [-0.25, -0.2) is 4.79 Å². The number of hydrazine groups is 1. The minimum atomic E-state index is -0.507. The molecule has 0 saturated heterocycles. The van der Waals surface area contributed by atoms with E-state index in [9.17, 15) is 9.59 Å². The highest BCUT2D eigenvalue weighted by molar-refractivity contribution is 5.77. The zero-order chi connectivity index (χ0) is 14.8. The zero-order valence-corrected chi connectivity index (χ0v) is 11.8. The van der Waals surface area contributed by atoms with Gasteiger partial charge in [-0.15, -0.1) is 0 Å². The van der Waals surface area contributed by atoms with Gasteiger partial charge in [0, 0.05) is 20.0 Å². The Balaban J connectivity index is 2.13. The molecule has 0 aliphatic heterocycles. The first-order valence-electron chi connectivity index (χ1n) is 6.71. The van der Waals surface area contributed by atoms with Crippen molar-refractivity contribution < 1.29 is 9.59 Å². The molecule has 1 rings (SSSR count). The Morgan fingerprint density at radius 1 is 1.15 bits per heavy atom. The van der Waals surface area contributed by atoms with Gasteiger partial charge in [-0.05, 0) is 25.0 Å². The van der Waals surface area contributed by atoms with Crippen LogP contribution in [0.3, 0.4) is 0 Å². The molecule has 0 saturated carbocycles. The van der Waals surface area contributed by atoms with Crippen molar-refractivity contribution in [3.05, 3.63) is 30.3 Å². The lowest BCUT2D eigenvalue weighted by atomic mass is 10.2. The Labute approximate surface area is 119 Å². The second-order valence-electron chi connectivity index (χ2n) is 4.53. The highest BCUT2D eigenvalue weighted by Crippen LogP contribution is 2.08. The van der Waals surface area contributed by atoms with Crippen LogP contribution in [0.1, 0.15) is 25.7 Å². The third kappa shape index (κ3) is 6.63. The second-order valence-corrected chi connectivity index (χ2v) is 4.53. The molecule has 0 bridgehead atoms. The Hall–Kier alpha value is -2.24. The normalized spacial score (nSPS) is 9.85. The first-order chi connectivity index (χ1) is 9.59. The summed E-state index contributed by atoms with van der Waals surface area (Å²) in [7, 11) is 1.81. The van der Waals surface area contributed by atoms with Crippen LogP contribution in [0, 0.1) is 0 Å². The molecule has 0 aliphatic rings. The lowest BCUT2D eigenvalue weighted by Crippen LogP contribution is -2.39. The van der Waals surface area contributed by atoms with Crippen LogP contribution >= 0.6 is 0 Å².